The lowest BCUT2D eigenvalue weighted by Crippen LogP contribution is -2.27. The van der Waals surface area contributed by atoms with Gasteiger partial charge in [0.15, 0.2) is 0 Å². The fourth-order valence-corrected chi connectivity index (χ4v) is 2.25. The van der Waals surface area contributed by atoms with Gasteiger partial charge in [-0.15, -0.1) is 0 Å². The number of anilines is 1. The maximum absolute atomic E-state index is 11.7. The van der Waals surface area contributed by atoms with Crippen LogP contribution in [0.25, 0.3) is 0 Å². The Labute approximate surface area is 153 Å². The SMILES string of the molecule is CC(C)(C)OC(=O)Nc1ccc(Oc2cc(Br)ccc2C(=O)O)cc1. The van der Waals surface area contributed by atoms with E-state index in [0.29, 0.717) is 15.9 Å². The van der Waals surface area contributed by atoms with Crippen LogP contribution in [0.5, 0.6) is 11.5 Å². The second-order valence-electron chi connectivity index (χ2n) is 6.20. The smallest absolute Gasteiger partial charge is 0.412 e. The molecular formula is C18H18BrNO5. The number of nitrogens with one attached hydrogen (secondary N) is 1. The van der Waals surface area contributed by atoms with Crippen molar-refractivity contribution >= 4 is 33.7 Å². The van der Waals surface area contributed by atoms with Crippen molar-refractivity contribution in [3.63, 3.8) is 0 Å². The molecule has 6 nitrogen and oxygen atoms in total. The van der Waals surface area contributed by atoms with Crippen molar-refractivity contribution < 1.29 is 24.2 Å². The summed E-state index contributed by atoms with van der Waals surface area (Å²) >= 11 is 3.29. The van der Waals surface area contributed by atoms with Gasteiger partial charge in [-0.05, 0) is 63.2 Å². The summed E-state index contributed by atoms with van der Waals surface area (Å²) in [5.74, 6) is -0.421. The first-order chi connectivity index (χ1) is 11.6. The van der Waals surface area contributed by atoms with Gasteiger partial charge in [0.05, 0.1) is 0 Å². The molecule has 0 unspecified atom stereocenters. The summed E-state index contributed by atoms with van der Waals surface area (Å²) < 4.78 is 11.5. The van der Waals surface area contributed by atoms with Gasteiger partial charge >= 0.3 is 12.1 Å². The van der Waals surface area contributed by atoms with E-state index < -0.39 is 17.7 Å². The molecule has 1 amide bonds. The minimum absolute atomic E-state index is 0.0548. The van der Waals surface area contributed by atoms with Crippen LogP contribution in [0.15, 0.2) is 46.9 Å². The van der Waals surface area contributed by atoms with Crippen molar-refractivity contribution in [1.82, 2.24) is 0 Å². The lowest BCUT2D eigenvalue weighted by molar-refractivity contribution is 0.0633. The zero-order valence-electron chi connectivity index (χ0n) is 14.0. The second kappa shape index (κ2) is 7.57. The standard InChI is InChI=1S/C18H18BrNO5/c1-18(2,3)25-17(23)20-12-5-7-13(8-6-12)24-15-10-11(19)4-9-14(15)16(21)22/h4-10H,1-3H3,(H,20,23)(H,21,22). The van der Waals surface area contributed by atoms with Crippen LogP contribution in [0.1, 0.15) is 31.1 Å². The summed E-state index contributed by atoms with van der Waals surface area (Å²) in [6, 6.07) is 11.2. The van der Waals surface area contributed by atoms with E-state index in [1.807, 2.05) is 0 Å². The predicted molar refractivity (Wildman–Crippen MR) is 97.5 cm³/mol. The van der Waals surface area contributed by atoms with Crippen molar-refractivity contribution in [2.75, 3.05) is 5.32 Å². The molecule has 25 heavy (non-hydrogen) atoms. The highest BCUT2D eigenvalue weighted by Crippen LogP contribution is 2.29. The van der Waals surface area contributed by atoms with Crippen LogP contribution in [-0.4, -0.2) is 22.8 Å². The van der Waals surface area contributed by atoms with Crippen LogP contribution >= 0.6 is 15.9 Å². The second-order valence-corrected chi connectivity index (χ2v) is 7.11. The molecule has 0 radical (unpaired) electrons. The molecule has 0 spiro atoms. The normalized spacial score (nSPS) is 10.9. The van der Waals surface area contributed by atoms with Crippen molar-refractivity contribution in [1.29, 1.82) is 0 Å². The van der Waals surface area contributed by atoms with E-state index in [-0.39, 0.29) is 11.3 Å². The van der Waals surface area contributed by atoms with Crippen LogP contribution in [-0.2, 0) is 4.74 Å². The first-order valence-electron chi connectivity index (χ1n) is 7.45. The predicted octanol–water partition coefficient (Wildman–Crippen LogP) is 5.29. The minimum Gasteiger partial charge on any atom is -0.478 e. The molecule has 0 aromatic heterocycles. The van der Waals surface area contributed by atoms with Gasteiger partial charge in [0, 0.05) is 10.2 Å². The van der Waals surface area contributed by atoms with Crippen LogP contribution in [0.3, 0.4) is 0 Å². The molecule has 2 rings (SSSR count). The number of aromatic carboxylic acids is 1. The van der Waals surface area contributed by atoms with Crippen molar-refractivity contribution in [3.8, 4) is 11.5 Å². The molecular weight excluding hydrogens is 390 g/mol. The summed E-state index contributed by atoms with van der Waals surface area (Å²) in [4.78, 5) is 23.0. The largest absolute Gasteiger partial charge is 0.478 e. The molecule has 2 N–H and O–H groups in total. The van der Waals surface area contributed by atoms with E-state index in [1.165, 1.54) is 6.07 Å². The van der Waals surface area contributed by atoms with Crippen molar-refractivity contribution in [2.45, 2.75) is 26.4 Å². The van der Waals surface area contributed by atoms with Gasteiger partial charge in [0.1, 0.15) is 22.7 Å². The van der Waals surface area contributed by atoms with E-state index >= 15 is 0 Å². The van der Waals surface area contributed by atoms with Gasteiger partial charge in [-0.2, -0.15) is 0 Å². The van der Waals surface area contributed by atoms with E-state index in [2.05, 4.69) is 21.2 Å². The van der Waals surface area contributed by atoms with Gasteiger partial charge in [-0.25, -0.2) is 9.59 Å². The first-order valence-corrected chi connectivity index (χ1v) is 8.24. The van der Waals surface area contributed by atoms with E-state index in [1.54, 1.807) is 57.2 Å². The number of carboxylic acids is 1. The highest BCUT2D eigenvalue weighted by Gasteiger charge is 2.16. The molecule has 0 bridgehead atoms. The number of ether oxygens (including phenoxy) is 2. The number of benzene rings is 2. The first kappa shape index (κ1) is 18.8. The summed E-state index contributed by atoms with van der Waals surface area (Å²) in [5.41, 5.74) is 0.00889. The van der Waals surface area contributed by atoms with Gasteiger partial charge in [-0.3, -0.25) is 5.32 Å². The van der Waals surface area contributed by atoms with E-state index in [0.717, 1.165) is 0 Å². The monoisotopic (exact) mass is 407 g/mol. The molecule has 7 heteroatoms. The third-order valence-corrected chi connectivity index (χ3v) is 3.39. The Morgan fingerprint density at radius 1 is 1.08 bits per heavy atom. The van der Waals surface area contributed by atoms with Gasteiger partial charge in [0.25, 0.3) is 0 Å². The molecule has 132 valence electrons. The molecule has 0 aliphatic heterocycles. The molecule has 0 aliphatic rings. The molecule has 0 fully saturated rings. The Hall–Kier alpha value is -2.54. The fourth-order valence-electron chi connectivity index (χ4n) is 1.91. The lowest BCUT2D eigenvalue weighted by Gasteiger charge is -2.19. The number of halogens is 1. The molecule has 0 atom stereocenters. The number of rotatable bonds is 4. The Kier molecular flexibility index (Phi) is 5.69. The Balaban J connectivity index is 2.10. The van der Waals surface area contributed by atoms with Crippen molar-refractivity contribution in [3.05, 3.63) is 52.5 Å². The lowest BCUT2D eigenvalue weighted by atomic mass is 10.2. The number of carbonyl (C=O) groups excluding carboxylic acids is 1. The summed E-state index contributed by atoms with van der Waals surface area (Å²) in [6.07, 6.45) is -0.554. The highest BCUT2D eigenvalue weighted by molar-refractivity contribution is 9.10. The van der Waals surface area contributed by atoms with Crippen LogP contribution in [0.4, 0.5) is 10.5 Å². The Morgan fingerprint density at radius 3 is 2.28 bits per heavy atom. The average molecular weight is 408 g/mol. The van der Waals surface area contributed by atoms with Crippen LogP contribution < -0.4 is 10.1 Å². The number of hydrogen-bond donors (Lipinski definition) is 2. The van der Waals surface area contributed by atoms with Gasteiger partial charge in [0.2, 0.25) is 0 Å². The molecule has 0 saturated heterocycles. The highest BCUT2D eigenvalue weighted by atomic mass is 79.9. The zero-order valence-corrected chi connectivity index (χ0v) is 15.6. The minimum atomic E-state index is -1.08. The summed E-state index contributed by atoms with van der Waals surface area (Å²) in [7, 11) is 0. The van der Waals surface area contributed by atoms with Crippen molar-refractivity contribution in [2.24, 2.45) is 0 Å². The maximum Gasteiger partial charge on any atom is 0.412 e. The summed E-state index contributed by atoms with van der Waals surface area (Å²) in [6.45, 7) is 5.34. The Bertz CT molecular complexity index is 781. The number of amides is 1. The van der Waals surface area contributed by atoms with Gasteiger partial charge < -0.3 is 14.6 Å². The Morgan fingerprint density at radius 2 is 1.72 bits per heavy atom. The molecule has 0 aliphatic carbocycles. The topological polar surface area (TPSA) is 84.9 Å². The van der Waals surface area contributed by atoms with Crippen LogP contribution in [0, 0.1) is 0 Å². The number of hydrogen-bond acceptors (Lipinski definition) is 4. The molecule has 2 aromatic carbocycles. The zero-order chi connectivity index (χ0) is 18.6. The molecule has 2 aromatic rings. The maximum atomic E-state index is 11.7. The van der Waals surface area contributed by atoms with Crippen LogP contribution in [0.2, 0.25) is 0 Å². The number of carbonyl (C=O) groups is 2. The third-order valence-electron chi connectivity index (χ3n) is 2.90. The third kappa shape index (κ3) is 5.79. The van der Waals surface area contributed by atoms with Gasteiger partial charge in [-0.1, -0.05) is 15.9 Å². The molecule has 0 heterocycles. The molecule has 0 saturated carbocycles. The van der Waals surface area contributed by atoms with E-state index in [9.17, 15) is 14.7 Å². The number of carboxylic acid groups (broad SMARTS) is 1. The summed E-state index contributed by atoms with van der Waals surface area (Å²) in [5, 5.41) is 11.8. The quantitative estimate of drug-likeness (QED) is 0.719. The average Bonchev–Trinajstić information content (AvgIpc) is 2.47. The fraction of sp³-hybridized carbons (Fsp3) is 0.222. The van der Waals surface area contributed by atoms with E-state index in [4.69, 9.17) is 9.47 Å².